The van der Waals surface area contributed by atoms with E-state index in [2.05, 4.69) is 10.1 Å². The number of rotatable bonds is 7. The molecule has 2 aliphatic rings. The van der Waals surface area contributed by atoms with Crippen LogP contribution in [0.4, 0.5) is 0 Å². The molecule has 2 unspecified atom stereocenters. The second kappa shape index (κ2) is 12.0. The lowest BCUT2D eigenvalue weighted by atomic mass is 9.90. The molecule has 1 fully saturated rings. The Kier molecular flexibility index (Phi) is 9.07. The van der Waals surface area contributed by atoms with Crippen LogP contribution in [0.25, 0.3) is 0 Å². The molecule has 2 N–H and O–H groups in total. The summed E-state index contributed by atoms with van der Waals surface area (Å²) in [5, 5.41) is 6.64. The van der Waals surface area contributed by atoms with Crippen molar-refractivity contribution in [1.82, 2.24) is 5.01 Å². The number of piperidine rings is 1. The molecule has 2 aliphatic heterocycles. The van der Waals surface area contributed by atoms with Gasteiger partial charge < -0.3 is 9.47 Å². The van der Waals surface area contributed by atoms with Crippen molar-refractivity contribution < 1.29 is 19.1 Å². The van der Waals surface area contributed by atoms with Gasteiger partial charge in [-0.1, -0.05) is 24.3 Å². The Morgan fingerprint density at radius 3 is 2.53 bits per heavy atom. The van der Waals surface area contributed by atoms with E-state index in [1.54, 1.807) is 19.1 Å². The minimum Gasteiger partial charge on any atom is -0.475 e. The summed E-state index contributed by atoms with van der Waals surface area (Å²) in [7, 11) is 0. The molecule has 34 heavy (non-hydrogen) atoms. The number of hydrogen-bond donors (Lipinski definition) is 1. The van der Waals surface area contributed by atoms with Crippen LogP contribution in [0.2, 0.25) is 0 Å². The monoisotopic (exact) mass is 485 g/mol. The highest BCUT2D eigenvalue weighted by atomic mass is 35.5. The maximum Gasteiger partial charge on any atom is 0.306 e. The van der Waals surface area contributed by atoms with Gasteiger partial charge in [-0.3, -0.25) is 20.3 Å². The van der Waals surface area contributed by atoms with Crippen LogP contribution in [0.5, 0.6) is 5.75 Å². The number of nitrogens with two attached hydrogens (primary N) is 1. The maximum atomic E-state index is 13.1. The number of carbonyl (C=O) groups is 2. The Balaban J connectivity index is 0.00000324. The fourth-order valence-corrected chi connectivity index (χ4v) is 4.29. The van der Waals surface area contributed by atoms with Crippen LogP contribution in [0.15, 0.2) is 47.6 Å². The average Bonchev–Trinajstić information content (AvgIpc) is 2.83. The van der Waals surface area contributed by atoms with E-state index in [1.807, 2.05) is 36.5 Å². The van der Waals surface area contributed by atoms with Crippen LogP contribution >= 0.6 is 12.4 Å². The molecule has 0 aliphatic carbocycles. The van der Waals surface area contributed by atoms with Crippen molar-refractivity contribution in [3.63, 3.8) is 0 Å². The van der Waals surface area contributed by atoms with Crippen LogP contribution in [0.1, 0.15) is 59.7 Å². The molecular weight excluding hydrogens is 454 g/mol. The molecule has 0 radical (unpaired) electrons. The molecule has 8 heteroatoms. The summed E-state index contributed by atoms with van der Waals surface area (Å²) in [6, 6.07) is 12.9. The Bertz CT molecular complexity index is 1020. The van der Waals surface area contributed by atoms with Gasteiger partial charge in [0.15, 0.2) is 12.0 Å². The minimum atomic E-state index is -0.581. The first-order chi connectivity index (χ1) is 16.0. The van der Waals surface area contributed by atoms with Gasteiger partial charge in [0.05, 0.1) is 19.2 Å². The van der Waals surface area contributed by atoms with Crippen LogP contribution in [0, 0.1) is 5.92 Å². The zero-order chi connectivity index (χ0) is 23.2. The molecule has 2 atom stereocenters. The Hall–Kier alpha value is -2.90. The highest BCUT2D eigenvalue weighted by Crippen LogP contribution is 2.32. The maximum absolute atomic E-state index is 13.1. The standard InChI is InChI=1S/C26H31N3O4.ClH/c1-2-32-24(30)16-22-15-21-14-20(10-11-23(21)33-26(22)27)25(31)19-8-6-18(7-9-19)17-28-29-12-4-3-5-13-29;/h6-11,14,17,22,26H,2-5,12-13,15-16,27H2,1H3;1H. The molecule has 182 valence electrons. The normalized spacial score (nSPS) is 19.6. The van der Waals surface area contributed by atoms with Gasteiger partial charge in [0.2, 0.25) is 0 Å². The molecule has 0 bridgehead atoms. The lowest BCUT2D eigenvalue weighted by Gasteiger charge is -2.30. The van der Waals surface area contributed by atoms with Crippen molar-refractivity contribution in [2.24, 2.45) is 16.8 Å². The molecule has 7 nitrogen and oxygen atoms in total. The van der Waals surface area contributed by atoms with Gasteiger partial charge in [-0.25, -0.2) is 0 Å². The number of benzene rings is 2. The first-order valence-corrected chi connectivity index (χ1v) is 11.7. The number of hydrogen-bond acceptors (Lipinski definition) is 7. The molecule has 0 aromatic heterocycles. The summed E-state index contributed by atoms with van der Waals surface area (Å²) in [6.45, 7) is 4.11. The third kappa shape index (κ3) is 6.36. The second-order valence-electron chi connectivity index (χ2n) is 8.59. The summed E-state index contributed by atoms with van der Waals surface area (Å²) in [4.78, 5) is 25.0. The predicted octanol–water partition coefficient (Wildman–Crippen LogP) is 3.95. The Labute approximate surface area is 206 Å². The molecule has 2 aromatic rings. The van der Waals surface area contributed by atoms with Crippen molar-refractivity contribution in [3.8, 4) is 5.75 Å². The average molecular weight is 486 g/mol. The van der Waals surface area contributed by atoms with E-state index < -0.39 is 6.23 Å². The fourth-order valence-electron chi connectivity index (χ4n) is 4.29. The van der Waals surface area contributed by atoms with Gasteiger partial charge in [0.1, 0.15) is 5.75 Å². The third-order valence-electron chi connectivity index (χ3n) is 6.14. The SMILES string of the molecule is CCOC(=O)CC1Cc2cc(C(=O)c3ccc(C=NN4CCCCC4)cc3)ccc2OC1N.Cl. The van der Waals surface area contributed by atoms with Crippen molar-refractivity contribution >= 4 is 30.4 Å². The van der Waals surface area contributed by atoms with Crippen LogP contribution < -0.4 is 10.5 Å². The number of carbonyl (C=O) groups excluding carboxylic acids is 2. The molecule has 1 saturated heterocycles. The van der Waals surface area contributed by atoms with Gasteiger partial charge in [0.25, 0.3) is 0 Å². The number of ketones is 1. The van der Waals surface area contributed by atoms with Gasteiger partial charge in [0, 0.05) is 30.1 Å². The summed E-state index contributed by atoms with van der Waals surface area (Å²) in [6.07, 6.45) is 5.66. The summed E-state index contributed by atoms with van der Waals surface area (Å²) >= 11 is 0. The lowest BCUT2D eigenvalue weighted by molar-refractivity contribution is -0.145. The van der Waals surface area contributed by atoms with E-state index in [0.29, 0.717) is 29.9 Å². The zero-order valence-corrected chi connectivity index (χ0v) is 20.3. The van der Waals surface area contributed by atoms with Crippen molar-refractivity contribution in [2.45, 2.75) is 45.3 Å². The van der Waals surface area contributed by atoms with Crippen molar-refractivity contribution in [1.29, 1.82) is 0 Å². The summed E-state index contributed by atoms with van der Waals surface area (Å²) < 4.78 is 10.8. The summed E-state index contributed by atoms with van der Waals surface area (Å²) in [5.74, 6) is 0.110. The number of halogens is 1. The number of fused-ring (bicyclic) bond motifs is 1. The van der Waals surface area contributed by atoms with Gasteiger partial charge in [-0.2, -0.15) is 5.10 Å². The highest BCUT2D eigenvalue weighted by molar-refractivity contribution is 6.09. The van der Waals surface area contributed by atoms with Gasteiger partial charge in [-0.15, -0.1) is 12.4 Å². The predicted molar refractivity (Wildman–Crippen MR) is 134 cm³/mol. The van der Waals surface area contributed by atoms with Crippen LogP contribution in [-0.4, -0.2) is 48.9 Å². The Morgan fingerprint density at radius 2 is 1.82 bits per heavy atom. The molecular formula is C26H32ClN3O4. The third-order valence-corrected chi connectivity index (χ3v) is 6.14. The van der Waals surface area contributed by atoms with E-state index in [-0.39, 0.29) is 36.5 Å². The molecule has 0 amide bonds. The van der Waals surface area contributed by atoms with E-state index in [1.165, 1.54) is 19.3 Å². The van der Waals surface area contributed by atoms with Crippen LogP contribution in [0.3, 0.4) is 0 Å². The van der Waals surface area contributed by atoms with Crippen molar-refractivity contribution in [2.75, 3.05) is 19.7 Å². The van der Waals surface area contributed by atoms with E-state index >= 15 is 0 Å². The lowest BCUT2D eigenvalue weighted by Crippen LogP contribution is -2.41. The first kappa shape index (κ1) is 25.7. The molecule has 0 saturated carbocycles. The van der Waals surface area contributed by atoms with E-state index in [4.69, 9.17) is 15.2 Å². The minimum absolute atomic E-state index is 0. The Morgan fingerprint density at radius 1 is 1.12 bits per heavy atom. The zero-order valence-electron chi connectivity index (χ0n) is 19.4. The number of esters is 1. The largest absolute Gasteiger partial charge is 0.475 e. The van der Waals surface area contributed by atoms with E-state index in [0.717, 1.165) is 24.2 Å². The van der Waals surface area contributed by atoms with Crippen LogP contribution in [-0.2, 0) is 16.0 Å². The topological polar surface area (TPSA) is 94.2 Å². The number of nitrogens with zero attached hydrogens (tertiary/aromatic N) is 2. The number of ether oxygens (including phenoxy) is 2. The van der Waals surface area contributed by atoms with E-state index in [9.17, 15) is 9.59 Å². The second-order valence-corrected chi connectivity index (χ2v) is 8.59. The van der Waals surface area contributed by atoms with Gasteiger partial charge in [-0.05, 0) is 61.9 Å². The molecule has 2 aromatic carbocycles. The molecule has 0 spiro atoms. The van der Waals surface area contributed by atoms with Gasteiger partial charge >= 0.3 is 5.97 Å². The summed E-state index contributed by atoms with van der Waals surface area (Å²) in [5.41, 5.74) is 9.14. The number of hydrazone groups is 1. The smallest absolute Gasteiger partial charge is 0.306 e. The fraction of sp³-hybridized carbons (Fsp3) is 0.423. The van der Waals surface area contributed by atoms with Crippen molar-refractivity contribution in [3.05, 3.63) is 64.7 Å². The quantitative estimate of drug-likeness (QED) is 0.362. The highest BCUT2D eigenvalue weighted by Gasteiger charge is 2.30. The molecule has 2 heterocycles. The molecule has 4 rings (SSSR count). The first-order valence-electron chi connectivity index (χ1n) is 11.7.